The number of carbonyl (C=O) groups excluding carboxylic acids is 1. The molecule has 0 spiro atoms. The lowest BCUT2D eigenvalue weighted by molar-refractivity contribution is -0.134. The first-order chi connectivity index (χ1) is 8.61. The predicted octanol–water partition coefficient (Wildman–Crippen LogP) is 1.28. The summed E-state index contributed by atoms with van der Waals surface area (Å²) < 4.78 is 10.7. The number of aromatic nitrogens is 2. The molecular formula is C12H17N3O3. The molecule has 0 N–H and O–H groups in total. The van der Waals surface area contributed by atoms with Gasteiger partial charge in [0.15, 0.2) is 0 Å². The van der Waals surface area contributed by atoms with Crippen LogP contribution in [0.15, 0.2) is 17.2 Å². The van der Waals surface area contributed by atoms with Gasteiger partial charge in [-0.2, -0.15) is 4.98 Å². The van der Waals surface area contributed by atoms with E-state index in [0.717, 1.165) is 0 Å². The van der Waals surface area contributed by atoms with Gasteiger partial charge in [-0.05, 0) is 6.08 Å². The van der Waals surface area contributed by atoms with E-state index in [1.54, 1.807) is 4.90 Å². The van der Waals surface area contributed by atoms with Crippen LogP contribution in [0.3, 0.4) is 0 Å². The fourth-order valence-corrected chi connectivity index (χ4v) is 1.75. The number of hydrogen-bond acceptors (Lipinski definition) is 5. The lowest BCUT2D eigenvalue weighted by atomic mass is 10.2. The summed E-state index contributed by atoms with van der Waals surface area (Å²) in [6.07, 6.45) is 0.983. The second-order valence-electron chi connectivity index (χ2n) is 4.49. The molecule has 1 aromatic rings. The van der Waals surface area contributed by atoms with Crippen LogP contribution < -0.4 is 0 Å². The zero-order valence-corrected chi connectivity index (χ0v) is 10.6. The zero-order valence-electron chi connectivity index (χ0n) is 10.6. The van der Waals surface area contributed by atoms with Crippen molar-refractivity contribution in [3.8, 4) is 0 Å². The van der Waals surface area contributed by atoms with E-state index in [1.807, 2.05) is 13.8 Å². The highest BCUT2D eigenvalue weighted by Crippen LogP contribution is 2.21. The van der Waals surface area contributed by atoms with Gasteiger partial charge in [0, 0.05) is 12.5 Å². The number of rotatable bonds is 3. The molecule has 1 atom stereocenters. The number of amides is 1. The molecule has 0 radical (unpaired) electrons. The Balaban J connectivity index is 2.08. The molecule has 1 fully saturated rings. The summed E-state index contributed by atoms with van der Waals surface area (Å²) >= 11 is 0. The van der Waals surface area contributed by atoms with Crippen LogP contribution in [0, 0.1) is 0 Å². The van der Waals surface area contributed by atoms with Crippen LogP contribution >= 0.6 is 0 Å². The van der Waals surface area contributed by atoms with Crippen LogP contribution in [0.1, 0.15) is 37.6 Å². The predicted molar refractivity (Wildman–Crippen MR) is 63.9 cm³/mol. The molecule has 0 bridgehead atoms. The fourth-order valence-electron chi connectivity index (χ4n) is 1.75. The number of carbonyl (C=O) groups is 1. The number of hydrogen-bond donors (Lipinski definition) is 0. The Morgan fingerprint density at radius 3 is 3.00 bits per heavy atom. The molecule has 98 valence electrons. The molecule has 1 saturated heterocycles. The summed E-state index contributed by atoms with van der Waals surface area (Å²) in [5.74, 6) is 1.16. The van der Waals surface area contributed by atoms with Crippen molar-refractivity contribution >= 4 is 5.91 Å². The molecule has 1 aliphatic heterocycles. The van der Waals surface area contributed by atoms with Crippen molar-refractivity contribution in [1.82, 2.24) is 15.0 Å². The molecule has 1 amide bonds. The highest BCUT2D eigenvalue weighted by Gasteiger charge is 2.28. The summed E-state index contributed by atoms with van der Waals surface area (Å²) in [4.78, 5) is 17.5. The first kappa shape index (κ1) is 12.8. The maximum atomic E-state index is 11.5. The van der Waals surface area contributed by atoms with Gasteiger partial charge in [-0.1, -0.05) is 25.6 Å². The smallest absolute Gasteiger partial charge is 0.246 e. The van der Waals surface area contributed by atoms with Crippen LogP contribution in [0.2, 0.25) is 0 Å². The van der Waals surface area contributed by atoms with Crippen molar-refractivity contribution in [2.45, 2.75) is 25.9 Å². The Labute approximate surface area is 106 Å². The maximum Gasteiger partial charge on any atom is 0.246 e. The molecule has 6 nitrogen and oxygen atoms in total. The van der Waals surface area contributed by atoms with Crippen LogP contribution in [0.4, 0.5) is 0 Å². The second kappa shape index (κ2) is 5.30. The minimum absolute atomic E-state index is 0.101. The van der Waals surface area contributed by atoms with Gasteiger partial charge >= 0.3 is 0 Å². The first-order valence-electron chi connectivity index (χ1n) is 5.98. The van der Waals surface area contributed by atoms with Gasteiger partial charge in [0.25, 0.3) is 0 Å². The molecular weight excluding hydrogens is 234 g/mol. The number of nitrogens with zero attached hydrogens (tertiary/aromatic N) is 3. The van der Waals surface area contributed by atoms with Gasteiger partial charge in [-0.3, -0.25) is 4.79 Å². The van der Waals surface area contributed by atoms with Crippen molar-refractivity contribution < 1.29 is 14.1 Å². The lowest BCUT2D eigenvalue weighted by Crippen LogP contribution is -2.41. The van der Waals surface area contributed by atoms with Crippen LogP contribution in [0.5, 0.6) is 0 Å². The van der Waals surface area contributed by atoms with Crippen LogP contribution in [-0.2, 0) is 9.53 Å². The summed E-state index contributed by atoms with van der Waals surface area (Å²) in [5, 5.41) is 3.91. The Bertz CT molecular complexity index is 442. The Morgan fingerprint density at radius 2 is 2.39 bits per heavy atom. The van der Waals surface area contributed by atoms with Crippen molar-refractivity contribution in [2.24, 2.45) is 0 Å². The normalized spacial score (nSPS) is 20.2. The van der Waals surface area contributed by atoms with E-state index in [-0.39, 0.29) is 17.9 Å². The zero-order chi connectivity index (χ0) is 13.1. The van der Waals surface area contributed by atoms with E-state index < -0.39 is 0 Å². The molecule has 6 heteroatoms. The standard InChI is InChI=1S/C12H17N3O3/c1-4-10(16)15-5-6-17-9(7-15)11-13-12(8(2)3)18-14-11/h4,8-9H,1,5-7H2,2-3H3/t9-/m0/s1. The molecule has 0 saturated carbocycles. The van der Waals surface area contributed by atoms with Gasteiger partial charge in [0.1, 0.15) is 6.10 Å². The van der Waals surface area contributed by atoms with Gasteiger partial charge in [-0.25, -0.2) is 0 Å². The van der Waals surface area contributed by atoms with Gasteiger partial charge < -0.3 is 14.2 Å². The second-order valence-corrected chi connectivity index (χ2v) is 4.49. The Kier molecular flexibility index (Phi) is 3.76. The Hall–Kier alpha value is -1.69. The minimum Gasteiger partial charge on any atom is -0.366 e. The average molecular weight is 251 g/mol. The van der Waals surface area contributed by atoms with E-state index in [0.29, 0.717) is 31.4 Å². The monoisotopic (exact) mass is 251 g/mol. The van der Waals surface area contributed by atoms with E-state index in [4.69, 9.17) is 9.26 Å². The summed E-state index contributed by atoms with van der Waals surface area (Å²) in [5.41, 5.74) is 0. The highest BCUT2D eigenvalue weighted by atomic mass is 16.5. The van der Waals surface area contributed by atoms with Crippen molar-refractivity contribution in [3.05, 3.63) is 24.4 Å². The third-order valence-electron chi connectivity index (χ3n) is 2.79. The van der Waals surface area contributed by atoms with Crippen LogP contribution in [0.25, 0.3) is 0 Å². The molecule has 1 aromatic heterocycles. The quantitative estimate of drug-likeness (QED) is 0.757. The van der Waals surface area contributed by atoms with Gasteiger partial charge in [-0.15, -0.1) is 0 Å². The van der Waals surface area contributed by atoms with Crippen LogP contribution in [-0.4, -0.2) is 40.6 Å². The van der Waals surface area contributed by atoms with Crippen molar-refractivity contribution in [1.29, 1.82) is 0 Å². The molecule has 1 aliphatic rings. The van der Waals surface area contributed by atoms with E-state index >= 15 is 0 Å². The summed E-state index contributed by atoms with van der Waals surface area (Å²) in [6, 6.07) is 0. The third-order valence-corrected chi connectivity index (χ3v) is 2.79. The van der Waals surface area contributed by atoms with E-state index in [9.17, 15) is 4.79 Å². The SMILES string of the molecule is C=CC(=O)N1CCO[C@H](c2noc(C(C)C)n2)C1. The maximum absolute atomic E-state index is 11.5. The lowest BCUT2D eigenvalue weighted by Gasteiger charge is -2.30. The molecule has 2 rings (SSSR count). The van der Waals surface area contributed by atoms with Gasteiger partial charge in [0.2, 0.25) is 17.6 Å². The van der Waals surface area contributed by atoms with Crippen molar-refractivity contribution in [3.63, 3.8) is 0 Å². The fraction of sp³-hybridized carbons (Fsp3) is 0.583. The average Bonchev–Trinajstić information content (AvgIpc) is 2.88. The first-order valence-corrected chi connectivity index (χ1v) is 5.98. The van der Waals surface area contributed by atoms with E-state index in [2.05, 4.69) is 16.7 Å². The largest absolute Gasteiger partial charge is 0.366 e. The Morgan fingerprint density at radius 1 is 1.61 bits per heavy atom. The highest BCUT2D eigenvalue weighted by molar-refractivity contribution is 5.87. The third kappa shape index (κ3) is 2.59. The van der Waals surface area contributed by atoms with E-state index in [1.165, 1.54) is 6.08 Å². The van der Waals surface area contributed by atoms with Gasteiger partial charge in [0.05, 0.1) is 13.2 Å². The summed E-state index contributed by atoms with van der Waals surface area (Å²) in [7, 11) is 0. The topological polar surface area (TPSA) is 68.5 Å². The molecule has 18 heavy (non-hydrogen) atoms. The van der Waals surface area contributed by atoms with Crippen molar-refractivity contribution in [2.75, 3.05) is 19.7 Å². The molecule has 0 aromatic carbocycles. The molecule has 0 unspecified atom stereocenters. The number of morpholine rings is 1. The molecule has 0 aliphatic carbocycles. The minimum atomic E-state index is -0.320. The number of ether oxygens (including phenoxy) is 1. The molecule has 2 heterocycles. The summed E-state index contributed by atoms with van der Waals surface area (Å²) in [6.45, 7) is 8.90.